The van der Waals surface area contributed by atoms with E-state index in [9.17, 15) is 5.26 Å². The van der Waals surface area contributed by atoms with Crippen LogP contribution in [0.5, 0.6) is 5.75 Å². The number of benzene rings is 2. The molecule has 4 nitrogen and oxygen atoms in total. The highest BCUT2D eigenvalue weighted by molar-refractivity contribution is 5.53. The molecule has 0 aliphatic carbocycles. The number of aromatic nitrogens is 2. The first-order valence-corrected chi connectivity index (χ1v) is 11.8. The molecule has 2 aromatic carbocycles. The van der Waals surface area contributed by atoms with E-state index in [1.54, 1.807) is 7.11 Å². The first kappa shape index (κ1) is 23.6. The lowest BCUT2D eigenvalue weighted by Gasteiger charge is -2.29. The molecule has 1 aromatic heterocycles. The molecule has 0 saturated heterocycles. The van der Waals surface area contributed by atoms with Gasteiger partial charge in [-0.3, -0.25) is 0 Å². The zero-order valence-electron chi connectivity index (χ0n) is 19.5. The highest BCUT2D eigenvalue weighted by atomic mass is 16.5. The third-order valence-electron chi connectivity index (χ3n) is 6.30. The summed E-state index contributed by atoms with van der Waals surface area (Å²) >= 11 is 0. The Balaban J connectivity index is 1.57. The van der Waals surface area contributed by atoms with Gasteiger partial charge in [-0.15, -0.1) is 0 Å². The smallest absolute Gasteiger partial charge is 0.124 e. The van der Waals surface area contributed by atoms with E-state index in [4.69, 9.17) is 4.74 Å². The van der Waals surface area contributed by atoms with E-state index < -0.39 is 5.41 Å². The number of nitriles is 1. The van der Waals surface area contributed by atoms with Crippen LogP contribution in [-0.2, 0) is 12.0 Å². The normalized spacial score (nSPS) is 12.8. The molecule has 0 fully saturated rings. The molecule has 0 aliphatic heterocycles. The van der Waals surface area contributed by atoms with E-state index in [1.165, 1.54) is 32.1 Å². The third-order valence-corrected chi connectivity index (χ3v) is 6.30. The molecule has 1 unspecified atom stereocenters. The molecule has 0 amide bonds. The molecule has 0 N–H and O–H groups in total. The lowest BCUT2D eigenvalue weighted by Crippen LogP contribution is -2.26. The number of rotatable bonds is 13. The molecule has 3 aromatic rings. The van der Waals surface area contributed by atoms with Gasteiger partial charge in [0, 0.05) is 24.5 Å². The minimum atomic E-state index is -0.689. The Morgan fingerprint density at radius 1 is 0.969 bits per heavy atom. The van der Waals surface area contributed by atoms with Gasteiger partial charge in [-0.25, -0.2) is 4.98 Å². The molecule has 0 bridgehead atoms. The van der Waals surface area contributed by atoms with Gasteiger partial charge in [0.2, 0.25) is 0 Å². The second-order valence-corrected chi connectivity index (χ2v) is 8.61. The lowest BCUT2D eigenvalue weighted by molar-refractivity contribution is 0.397. The summed E-state index contributed by atoms with van der Waals surface area (Å²) in [7, 11) is 1.69. The van der Waals surface area contributed by atoms with E-state index in [0.717, 1.165) is 48.2 Å². The van der Waals surface area contributed by atoms with Crippen molar-refractivity contribution in [3.63, 3.8) is 0 Å². The Kier molecular flexibility index (Phi) is 8.92. The maximum absolute atomic E-state index is 10.4. The number of hydrogen-bond donors (Lipinski definition) is 0. The first-order chi connectivity index (χ1) is 15.7. The molecule has 1 heterocycles. The molecule has 168 valence electrons. The van der Waals surface area contributed by atoms with Crippen molar-refractivity contribution in [3.05, 3.63) is 83.9 Å². The molecule has 3 rings (SSSR count). The van der Waals surface area contributed by atoms with Gasteiger partial charge in [-0.05, 0) is 37.0 Å². The molecular weight excluding hydrogens is 394 g/mol. The topological polar surface area (TPSA) is 50.8 Å². The van der Waals surface area contributed by atoms with Crippen LogP contribution in [-0.4, -0.2) is 16.7 Å². The summed E-state index contributed by atoms with van der Waals surface area (Å²) < 4.78 is 7.85. The number of ether oxygens (including phenoxy) is 1. The Morgan fingerprint density at radius 2 is 1.69 bits per heavy atom. The minimum absolute atomic E-state index is 0.689. The lowest BCUT2D eigenvalue weighted by atomic mass is 9.71. The summed E-state index contributed by atoms with van der Waals surface area (Å²) in [5, 5.41) is 10.4. The standard InChI is InChI=1S/C28H35N3O/c1-24-15-16-26(27(21-24)32-2)28(22-29,25-13-9-8-10-14-25)17-11-6-4-3-5-7-12-19-31-20-18-30-23-31/h8-10,13-16,18,20-21,23H,3-7,11-12,17,19H2,1-2H3. The van der Waals surface area contributed by atoms with Crippen LogP contribution in [0.3, 0.4) is 0 Å². The summed E-state index contributed by atoms with van der Waals surface area (Å²) in [4.78, 5) is 4.09. The van der Waals surface area contributed by atoms with Crippen molar-refractivity contribution in [3.8, 4) is 11.8 Å². The van der Waals surface area contributed by atoms with Crippen LogP contribution in [0.1, 0.15) is 68.1 Å². The summed E-state index contributed by atoms with van der Waals surface area (Å²) in [5.74, 6) is 0.799. The predicted octanol–water partition coefficient (Wildman–Crippen LogP) is 6.83. The summed E-state index contributed by atoms with van der Waals surface area (Å²) in [5.41, 5.74) is 2.46. The van der Waals surface area contributed by atoms with Gasteiger partial charge in [0.1, 0.15) is 11.2 Å². The van der Waals surface area contributed by atoms with E-state index in [2.05, 4.69) is 46.8 Å². The average Bonchev–Trinajstić information content (AvgIpc) is 3.35. The molecule has 32 heavy (non-hydrogen) atoms. The largest absolute Gasteiger partial charge is 0.496 e. The maximum atomic E-state index is 10.4. The van der Waals surface area contributed by atoms with Crippen LogP contribution in [0.15, 0.2) is 67.3 Å². The quantitative estimate of drug-likeness (QED) is 0.280. The summed E-state index contributed by atoms with van der Waals surface area (Å²) in [6.07, 6.45) is 14.9. The number of imidazole rings is 1. The van der Waals surface area contributed by atoms with Crippen LogP contribution < -0.4 is 4.74 Å². The van der Waals surface area contributed by atoms with Gasteiger partial charge in [-0.1, -0.05) is 81.0 Å². The monoisotopic (exact) mass is 429 g/mol. The SMILES string of the molecule is COc1cc(C)ccc1C(C#N)(CCCCCCCCCn1ccnc1)c1ccccc1. The van der Waals surface area contributed by atoms with Crippen molar-refractivity contribution in [1.29, 1.82) is 5.26 Å². The van der Waals surface area contributed by atoms with Crippen molar-refractivity contribution >= 4 is 0 Å². The van der Waals surface area contributed by atoms with E-state index >= 15 is 0 Å². The van der Waals surface area contributed by atoms with Crippen LogP contribution in [0.25, 0.3) is 0 Å². The number of aryl methyl sites for hydroxylation is 2. The van der Waals surface area contributed by atoms with Crippen LogP contribution >= 0.6 is 0 Å². The molecule has 0 spiro atoms. The number of unbranched alkanes of at least 4 members (excludes halogenated alkanes) is 6. The van der Waals surface area contributed by atoms with Crippen molar-refractivity contribution < 1.29 is 4.74 Å². The molecular formula is C28H35N3O. The summed E-state index contributed by atoms with van der Waals surface area (Å²) in [6.45, 7) is 3.11. The molecule has 0 aliphatic rings. The minimum Gasteiger partial charge on any atom is -0.496 e. The van der Waals surface area contributed by atoms with Crippen LogP contribution in [0, 0.1) is 18.3 Å². The average molecular weight is 430 g/mol. The Bertz CT molecular complexity index is 976. The fourth-order valence-corrected chi connectivity index (χ4v) is 4.48. The van der Waals surface area contributed by atoms with Crippen LogP contribution in [0.4, 0.5) is 0 Å². The van der Waals surface area contributed by atoms with E-state index in [-0.39, 0.29) is 0 Å². The fourth-order valence-electron chi connectivity index (χ4n) is 4.48. The molecule has 0 radical (unpaired) electrons. The van der Waals surface area contributed by atoms with Gasteiger partial charge in [0.15, 0.2) is 0 Å². The second kappa shape index (κ2) is 12.1. The van der Waals surface area contributed by atoms with Gasteiger partial charge < -0.3 is 9.30 Å². The number of nitrogens with zero attached hydrogens (tertiary/aromatic N) is 3. The highest BCUT2D eigenvalue weighted by Gasteiger charge is 2.36. The molecule has 4 heteroatoms. The zero-order chi connectivity index (χ0) is 22.7. The number of hydrogen-bond acceptors (Lipinski definition) is 3. The highest BCUT2D eigenvalue weighted by Crippen LogP contribution is 2.41. The Hall–Kier alpha value is -3.06. The van der Waals surface area contributed by atoms with Crippen molar-refractivity contribution in [1.82, 2.24) is 9.55 Å². The third kappa shape index (κ3) is 6.01. The number of methoxy groups -OCH3 is 1. The Labute approximate surface area is 192 Å². The zero-order valence-corrected chi connectivity index (χ0v) is 19.5. The van der Waals surface area contributed by atoms with Gasteiger partial charge in [0.25, 0.3) is 0 Å². The Morgan fingerprint density at radius 3 is 2.34 bits per heavy atom. The van der Waals surface area contributed by atoms with E-state index in [1.807, 2.05) is 43.0 Å². The maximum Gasteiger partial charge on any atom is 0.124 e. The fraction of sp³-hybridized carbons (Fsp3) is 0.429. The first-order valence-electron chi connectivity index (χ1n) is 11.8. The molecule has 1 atom stereocenters. The second-order valence-electron chi connectivity index (χ2n) is 8.61. The summed E-state index contributed by atoms with van der Waals surface area (Å²) in [6, 6.07) is 19.1. The van der Waals surface area contributed by atoms with Gasteiger partial charge in [0.05, 0.1) is 19.5 Å². The van der Waals surface area contributed by atoms with Crippen molar-refractivity contribution in [2.45, 2.75) is 70.3 Å². The van der Waals surface area contributed by atoms with Crippen LogP contribution in [0.2, 0.25) is 0 Å². The molecule has 0 saturated carbocycles. The predicted molar refractivity (Wildman–Crippen MR) is 130 cm³/mol. The van der Waals surface area contributed by atoms with Gasteiger partial charge in [-0.2, -0.15) is 5.26 Å². The van der Waals surface area contributed by atoms with E-state index in [0.29, 0.717) is 0 Å². The van der Waals surface area contributed by atoms with Crippen molar-refractivity contribution in [2.75, 3.05) is 7.11 Å². The van der Waals surface area contributed by atoms with Crippen molar-refractivity contribution in [2.24, 2.45) is 0 Å². The van der Waals surface area contributed by atoms with Gasteiger partial charge >= 0.3 is 0 Å².